The van der Waals surface area contributed by atoms with Crippen LogP contribution in [0.1, 0.15) is 59.8 Å². The molecule has 0 aliphatic rings. The summed E-state index contributed by atoms with van der Waals surface area (Å²) in [6.45, 7) is 12.6. The van der Waals surface area contributed by atoms with Crippen LogP contribution in [0, 0.1) is 0 Å². The first-order valence-electron chi connectivity index (χ1n) is 8.07. The highest BCUT2D eigenvalue weighted by molar-refractivity contribution is 6.74. The average Bonchev–Trinajstić information content (AvgIpc) is 2.35. The van der Waals surface area contributed by atoms with Gasteiger partial charge in [-0.05, 0) is 37.9 Å². The summed E-state index contributed by atoms with van der Waals surface area (Å²) in [6, 6.07) is -0.795. The van der Waals surface area contributed by atoms with E-state index in [2.05, 4.69) is 33.9 Å². The normalized spacial score (nSPS) is 15.4. The number of aliphatic carboxylic acids is 1. The van der Waals surface area contributed by atoms with Gasteiger partial charge in [-0.3, -0.25) is 9.59 Å². The number of carboxylic acid groups (broad SMARTS) is 1. The van der Waals surface area contributed by atoms with Gasteiger partial charge in [0.15, 0.2) is 14.1 Å². The second-order valence-corrected chi connectivity index (χ2v) is 12.3. The molecule has 0 aliphatic heterocycles. The van der Waals surface area contributed by atoms with E-state index in [0.29, 0.717) is 12.8 Å². The van der Waals surface area contributed by atoms with E-state index < -0.39 is 20.3 Å². The number of rotatable bonds is 10. The number of nitrogens with two attached hydrogens (primary N) is 1. The fourth-order valence-corrected chi connectivity index (χ4v) is 3.22. The molecule has 0 aliphatic carbocycles. The fourth-order valence-electron chi connectivity index (χ4n) is 1.85. The van der Waals surface area contributed by atoms with Crippen molar-refractivity contribution >= 4 is 20.1 Å². The smallest absolute Gasteiger partial charge is 0.320 e. The maximum absolute atomic E-state index is 12.1. The van der Waals surface area contributed by atoms with Crippen LogP contribution in [0.4, 0.5) is 0 Å². The number of unbranched alkanes of at least 4 members (excludes halogenated alkanes) is 2. The molecule has 0 spiro atoms. The number of Topliss-reactive ketones (excluding diaryl/α,β-unsaturated/α-hetero) is 1. The fraction of sp³-hybridized carbons (Fsp3) is 0.875. The minimum absolute atomic E-state index is 0.0918. The monoisotopic (exact) mass is 331 g/mol. The van der Waals surface area contributed by atoms with E-state index in [4.69, 9.17) is 15.3 Å². The third kappa shape index (κ3) is 7.51. The highest BCUT2D eigenvalue weighted by Gasteiger charge is 2.39. The maximum Gasteiger partial charge on any atom is 0.320 e. The van der Waals surface area contributed by atoms with Gasteiger partial charge in [0.1, 0.15) is 12.1 Å². The third-order valence-corrected chi connectivity index (χ3v) is 9.04. The molecule has 0 heterocycles. The topological polar surface area (TPSA) is 89.6 Å². The minimum Gasteiger partial charge on any atom is -0.480 e. The molecule has 0 saturated heterocycles. The summed E-state index contributed by atoms with van der Waals surface area (Å²) in [7, 11) is -1.92. The number of hydrogen-bond acceptors (Lipinski definition) is 4. The van der Waals surface area contributed by atoms with Crippen molar-refractivity contribution in [3.05, 3.63) is 0 Å². The Labute approximate surface area is 135 Å². The summed E-state index contributed by atoms with van der Waals surface area (Å²) in [4.78, 5) is 22.7. The molecule has 130 valence electrons. The van der Waals surface area contributed by atoms with Crippen molar-refractivity contribution in [3.63, 3.8) is 0 Å². The number of carbonyl (C=O) groups is 2. The van der Waals surface area contributed by atoms with Crippen LogP contribution in [0.5, 0.6) is 0 Å². The van der Waals surface area contributed by atoms with Gasteiger partial charge in [0.25, 0.3) is 0 Å². The molecule has 0 aromatic heterocycles. The van der Waals surface area contributed by atoms with Crippen LogP contribution < -0.4 is 5.73 Å². The highest BCUT2D eigenvalue weighted by atomic mass is 28.4. The third-order valence-electron chi connectivity index (χ3n) is 4.49. The lowest BCUT2D eigenvalue weighted by Crippen LogP contribution is -2.45. The summed E-state index contributed by atoms with van der Waals surface area (Å²) < 4.78 is 6.08. The Morgan fingerprint density at radius 1 is 1.18 bits per heavy atom. The highest BCUT2D eigenvalue weighted by Crippen LogP contribution is 2.37. The van der Waals surface area contributed by atoms with Gasteiger partial charge < -0.3 is 15.3 Å². The van der Waals surface area contributed by atoms with Crippen molar-refractivity contribution in [2.45, 2.75) is 90.1 Å². The van der Waals surface area contributed by atoms with Crippen LogP contribution in [0.2, 0.25) is 18.1 Å². The lowest BCUT2D eigenvalue weighted by Gasteiger charge is -2.38. The quantitative estimate of drug-likeness (QED) is 0.473. The molecule has 22 heavy (non-hydrogen) atoms. The molecule has 0 unspecified atom stereocenters. The maximum atomic E-state index is 12.1. The Morgan fingerprint density at radius 3 is 2.18 bits per heavy atom. The Bertz CT molecular complexity index is 377. The van der Waals surface area contributed by atoms with Gasteiger partial charge in [-0.1, -0.05) is 33.6 Å². The predicted octanol–water partition coefficient (Wildman–Crippen LogP) is 3.33. The summed E-state index contributed by atoms with van der Waals surface area (Å²) in [6.07, 6.45) is 2.90. The first-order chi connectivity index (χ1) is 9.88. The van der Waals surface area contributed by atoms with E-state index in [9.17, 15) is 9.59 Å². The Kier molecular flexibility index (Phi) is 8.50. The van der Waals surface area contributed by atoms with Crippen molar-refractivity contribution in [1.82, 2.24) is 0 Å². The van der Waals surface area contributed by atoms with Gasteiger partial charge in [-0.15, -0.1) is 0 Å². The Balaban J connectivity index is 4.05. The molecule has 0 aromatic rings. The van der Waals surface area contributed by atoms with E-state index in [1.54, 1.807) is 0 Å². The zero-order chi connectivity index (χ0) is 17.6. The SMILES string of the molecule is C[C@@H](O[Si](C)(C)C(C)(C)C)C(=O)CCCCC[C@H](N)C(=O)O. The van der Waals surface area contributed by atoms with Crippen molar-refractivity contribution in [1.29, 1.82) is 0 Å². The van der Waals surface area contributed by atoms with E-state index in [-0.39, 0.29) is 16.9 Å². The van der Waals surface area contributed by atoms with Crippen molar-refractivity contribution in [2.24, 2.45) is 5.73 Å². The predicted molar refractivity (Wildman–Crippen MR) is 91.4 cm³/mol. The molecular formula is C16H33NO4Si. The molecule has 0 fully saturated rings. The zero-order valence-corrected chi connectivity index (χ0v) is 15.9. The van der Waals surface area contributed by atoms with Gasteiger partial charge in [-0.25, -0.2) is 0 Å². The van der Waals surface area contributed by atoms with Crippen LogP contribution >= 0.6 is 0 Å². The molecule has 0 bridgehead atoms. The Hall–Kier alpha value is -0.723. The standard InChI is InChI=1S/C16H33NO4Si/c1-12(21-22(5,6)16(2,3)4)14(18)11-9-7-8-10-13(17)15(19)20/h12-13H,7-11,17H2,1-6H3,(H,19,20)/t12-,13+/m1/s1. The largest absolute Gasteiger partial charge is 0.480 e. The summed E-state index contributed by atoms with van der Waals surface area (Å²) in [5.74, 6) is -0.833. The molecule has 6 heteroatoms. The summed E-state index contributed by atoms with van der Waals surface area (Å²) in [5.41, 5.74) is 5.43. The second-order valence-electron chi connectivity index (χ2n) is 7.53. The lowest BCUT2D eigenvalue weighted by atomic mass is 10.1. The van der Waals surface area contributed by atoms with Gasteiger partial charge in [0, 0.05) is 6.42 Å². The van der Waals surface area contributed by atoms with E-state index in [1.165, 1.54) is 0 Å². The molecule has 0 aromatic carbocycles. The van der Waals surface area contributed by atoms with E-state index >= 15 is 0 Å². The molecule has 5 nitrogen and oxygen atoms in total. The van der Waals surface area contributed by atoms with Gasteiger partial charge in [0.05, 0.1) is 0 Å². The summed E-state index contributed by atoms with van der Waals surface area (Å²) >= 11 is 0. The van der Waals surface area contributed by atoms with Gasteiger partial charge in [-0.2, -0.15) is 0 Å². The number of carboxylic acids is 1. The van der Waals surface area contributed by atoms with Crippen molar-refractivity contribution in [2.75, 3.05) is 0 Å². The second kappa shape index (κ2) is 8.79. The van der Waals surface area contributed by atoms with Crippen LogP contribution in [0.25, 0.3) is 0 Å². The first-order valence-corrected chi connectivity index (χ1v) is 11.0. The Morgan fingerprint density at radius 2 is 1.73 bits per heavy atom. The lowest BCUT2D eigenvalue weighted by molar-refractivity contribution is -0.138. The van der Waals surface area contributed by atoms with Crippen LogP contribution in [-0.2, 0) is 14.0 Å². The molecule has 3 N–H and O–H groups in total. The van der Waals surface area contributed by atoms with Gasteiger partial charge >= 0.3 is 5.97 Å². The molecular weight excluding hydrogens is 298 g/mol. The number of ketones is 1. The van der Waals surface area contributed by atoms with E-state index in [1.807, 2.05) is 6.92 Å². The number of carbonyl (C=O) groups excluding carboxylic acids is 1. The summed E-state index contributed by atoms with van der Waals surface area (Å²) in [5, 5.41) is 8.77. The van der Waals surface area contributed by atoms with Crippen molar-refractivity contribution < 1.29 is 19.1 Å². The molecule has 0 saturated carbocycles. The van der Waals surface area contributed by atoms with Crippen molar-refractivity contribution in [3.8, 4) is 0 Å². The molecule has 2 atom stereocenters. The van der Waals surface area contributed by atoms with Crippen LogP contribution in [0.3, 0.4) is 0 Å². The number of hydrogen-bond donors (Lipinski definition) is 2. The molecule has 0 rings (SSSR count). The zero-order valence-electron chi connectivity index (χ0n) is 14.9. The molecule has 0 radical (unpaired) electrons. The first kappa shape index (κ1) is 21.3. The van der Waals surface area contributed by atoms with Crippen LogP contribution in [0.15, 0.2) is 0 Å². The van der Waals surface area contributed by atoms with Gasteiger partial charge in [0.2, 0.25) is 0 Å². The average molecular weight is 332 g/mol. The molecule has 0 amide bonds. The van der Waals surface area contributed by atoms with Crippen LogP contribution in [-0.4, -0.2) is 37.3 Å². The minimum atomic E-state index is -1.92. The van der Waals surface area contributed by atoms with E-state index in [0.717, 1.165) is 19.3 Å².